The molecule has 4 nitrogen and oxygen atoms in total. The Morgan fingerprint density at radius 2 is 2.12 bits per heavy atom. The van der Waals surface area contributed by atoms with Crippen molar-refractivity contribution in [2.24, 2.45) is 5.73 Å². The molecule has 0 amide bonds. The van der Waals surface area contributed by atoms with Crippen molar-refractivity contribution in [2.75, 3.05) is 6.61 Å². The lowest BCUT2D eigenvalue weighted by molar-refractivity contribution is -0.176. The molecule has 17 heavy (non-hydrogen) atoms. The van der Waals surface area contributed by atoms with Crippen LogP contribution < -0.4 is 5.73 Å². The minimum absolute atomic E-state index is 0.0189. The van der Waals surface area contributed by atoms with Crippen LogP contribution in [-0.4, -0.2) is 18.7 Å². The van der Waals surface area contributed by atoms with Gasteiger partial charge in [0.15, 0.2) is 6.29 Å². The van der Waals surface area contributed by atoms with Crippen LogP contribution in [0, 0.1) is 5.41 Å². The highest BCUT2D eigenvalue weighted by Gasteiger charge is 2.22. The van der Waals surface area contributed by atoms with Gasteiger partial charge >= 0.3 is 0 Å². The van der Waals surface area contributed by atoms with Crippen LogP contribution in [0.3, 0.4) is 0 Å². The van der Waals surface area contributed by atoms with E-state index in [0.717, 1.165) is 31.4 Å². The van der Waals surface area contributed by atoms with Gasteiger partial charge in [0.1, 0.15) is 11.9 Å². The molecule has 2 unspecified atom stereocenters. The van der Waals surface area contributed by atoms with Gasteiger partial charge in [0, 0.05) is 6.61 Å². The van der Waals surface area contributed by atoms with E-state index in [9.17, 15) is 0 Å². The van der Waals surface area contributed by atoms with Crippen LogP contribution in [0.15, 0.2) is 30.3 Å². The van der Waals surface area contributed by atoms with Crippen molar-refractivity contribution < 1.29 is 9.47 Å². The Morgan fingerprint density at radius 3 is 2.71 bits per heavy atom. The van der Waals surface area contributed by atoms with Crippen molar-refractivity contribution in [1.82, 2.24) is 0 Å². The summed E-state index contributed by atoms with van der Waals surface area (Å²) in [4.78, 5) is 0. The maximum atomic E-state index is 7.60. The Morgan fingerprint density at radius 1 is 1.35 bits per heavy atom. The van der Waals surface area contributed by atoms with Crippen LogP contribution >= 0.6 is 0 Å². The normalized spacial score (nSPS) is 22.0. The monoisotopic (exact) mass is 234 g/mol. The molecule has 0 spiro atoms. The topological polar surface area (TPSA) is 68.3 Å². The van der Waals surface area contributed by atoms with Crippen molar-refractivity contribution in [3.8, 4) is 0 Å². The second-order valence-corrected chi connectivity index (χ2v) is 4.18. The molecule has 2 rings (SSSR count). The number of hydrogen-bond donors (Lipinski definition) is 2. The van der Waals surface area contributed by atoms with Crippen molar-refractivity contribution in [2.45, 2.75) is 31.7 Å². The standard InChI is InChI=1S/C13H18N2O2/c14-13(15)12(10-6-2-1-3-7-10)17-11-8-4-5-9-16-11/h1-3,6-7,11-12H,4-5,8-9H2,(H3,14,15). The fourth-order valence-electron chi connectivity index (χ4n) is 1.93. The first-order valence-electron chi connectivity index (χ1n) is 5.93. The molecular formula is C13H18N2O2. The number of ether oxygens (including phenoxy) is 2. The third-order valence-corrected chi connectivity index (χ3v) is 2.81. The van der Waals surface area contributed by atoms with Crippen LogP contribution in [0.25, 0.3) is 0 Å². The molecule has 4 heteroatoms. The molecule has 0 aromatic heterocycles. The predicted molar refractivity (Wildman–Crippen MR) is 65.8 cm³/mol. The minimum Gasteiger partial charge on any atom is -0.385 e. The van der Waals surface area contributed by atoms with E-state index in [4.69, 9.17) is 20.6 Å². The third kappa shape index (κ3) is 3.28. The summed E-state index contributed by atoms with van der Waals surface area (Å²) in [5, 5.41) is 7.60. The molecule has 1 aliphatic rings. The average Bonchev–Trinajstić information content (AvgIpc) is 2.38. The van der Waals surface area contributed by atoms with E-state index in [1.807, 2.05) is 30.3 Å². The SMILES string of the molecule is N=C(N)C(OC1CCCCO1)c1ccccc1. The van der Waals surface area contributed by atoms with Crippen LogP contribution in [0.2, 0.25) is 0 Å². The van der Waals surface area contributed by atoms with Gasteiger partial charge in [-0.1, -0.05) is 30.3 Å². The van der Waals surface area contributed by atoms with Gasteiger partial charge in [-0.05, 0) is 24.8 Å². The lowest BCUT2D eigenvalue weighted by Gasteiger charge is -2.27. The van der Waals surface area contributed by atoms with Crippen LogP contribution in [0.4, 0.5) is 0 Å². The molecule has 0 radical (unpaired) electrons. The summed E-state index contributed by atoms with van der Waals surface area (Å²) in [6.07, 6.45) is 2.31. The molecule has 1 aliphatic heterocycles. The second kappa shape index (κ2) is 5.80. The molecular weight excluding hydrogens is 216 g/mol. The van der Waals surface area contributed by atoms with Crippen molar-refractivity contribution in [3.05, 3.63) is 35.9 Å². The van der Waals surface area contributed by atoms with Gasteiger partial charge < -0.3 is 15.2 Å². The third-order valence-electron chi connectivity index (χ3n) is 2.81. The maximum absolute atomic E-state index is 7.60. The molecule has 1 heterocycles. The Balaban J connectivity index is 2.05. The average molecular weight is 234 g/mol. The summed E-state index contributed by atoms with van der Waals surface area (Å²) in [7, 11) is 0. The summed E-state index contributed by atoms with van der Waals surface area (Å²) in [6.45, 7) is 0.726. The highest BCUT2D eigenvalue weighted by Crippen LogP contribution is 2.23. The zero-order chi connectivity index (χ0) is 12.1. The first-order valence-corrected chi connectivity index (χ1v) is 5.93. The molecule has 92 valence electrons. The molecule has 0 aliphatic carbocycles. The molecule has 1 saturated heterocycles. The van der Waals surface area contributed by atoms with E-state index in [2.05, 4.69) is 0 Å². The van der Waals surface area contributed by atoms with E-state index in [1.54, 1.807) is 0 Å². The van der Waals surface area contributed by atoms with Gasteiger partial charge in [-0.15, -0.1) is 0 Å². The Bertz CT molecular complexity index is 361. The molecule has 0 saturated carbocycles. The van der Waals surface area contributed by atoms with E-state index >= 15 is 0 Å². The van der Waals surface area contributed by atoms with Gasteiger partial charge in [0.2, 0.25) is 0 Å². The van der Waals surface area contributed by atoms with Gasteiger partial charge in [-0.3, -0.25) is 5.41 Å². The highest BCUT2D eigenvalue weighted by atomic mass is 16.7. The molecule has 0 bridgehead atoms. The molecule has 3 N–H and O–H groups in total. The summed E-state index contributed by atoms with van der Waals surface area (Å²) >= 11 is 0. The van der Waals surface area contributed by atoms with E-state index < -0.39 is 6.10 Å². The molecule has 1 fully saturated rings. The summed E-state index contributed by atoms with van der Waals surface area (Å²) in [5.41, 5.74) is 6.49. The van der Waals surface area contributed by atoms with Crippen LogP contribution in [0.5, 0.6) is 0 Å². The largest absolute Gasteiger partial charge is 0.385 e. The molecule has 1 aromatic rings. The maximum Gasteiger partial charge on any atom is 0.159 e. The number of hydrogen-bond acceptors (Lipinski definition) is 3. The highest BCUT2D eigenvalue weighted by molar-refractivity contribution is 5.83. The Hall–Kier alpha value is -1.39. The number of rotatable bonds is 4. The zero-order valence-electron chi connectivity index (χ0n) is 9.76. The van der Waals surface area contributed by atoms with Crippen LogP contribution in [0.1, 0.15) is 30.9 Å². The van der Waals surface area contributed by atoms with Gasteiger partial charge in [-0.2, -0.15) is 0 Å². The summed E-state index contributed by atoms with van der Waals surface area (Å²) < 4.78 is 11.3. The minimum atomic E-state index is -0.501. The Kier molecular flexibility index (Phi) is 4.12. The summed E-state index contributed by atoms with van der Waals surface area (Å²) in [5.74, 6) is 0.0189. The van der Waals surface area contributed by atoms with Crippen LogP contribution in [-0.2, 0) is 9.47 Å². The predicted octanol–water partition coefficient (Wildman–Crippen LogP) is 2.21. The number of amidine groups is 1. The van der Waals surface area contributed by atoms with E-state index in [0.29, 0.717) is 0 Å². The fraction of sp³-hybridized carbons (Fsp3) is 0.462. The van der Waals surface area contributed by atoms with E-state index in [1.165, 1.54) is 0 Å². The van der Waals surface area contributed by atoms with Gasteiger partial charge in [0.25, 0.3) is 0 Å². The van der Waals surface area contributed by atoms with Crippen molar-refractivity contribution >= 4 is 5.84 Å². The van der Waals surface area contributed by atoms with Crippen molar-refractivity contribution in [1.29, 1.82) is 5.41 Å². The quantitative estimate of drug-likeness (QED) is 0.620. The van der Waals surface area contributed by atoms with Gasteiger partial charge in [-0.25, -0.2) is 0 Å². The first kappa shape index (κ1) is 12.1. The molecule has 1 aromatic carbocycles. The smallest absolute Gasteiger partial charge is 0.159 e. The number of benzene rings is 1. The fourth-order valence-corrected chi connectivity index (χ4v) is 1.93. The van der Waals surface area contributed by atoms with E-state index in [-0.39, 0.29) is 12.1 Å². The number of nitrogens with one attached hydrogen (secondary N) is 1. The van der Waals surface area contributed by atoms with Gasteiger partial charge in [0.05, 0.1) is 0 Å². The first-order chi connectivity index (χ1) is 8.27. The summed E-state index contributed by atoms with van der Waals surface area (Å²) in [6, 6.07) is 9.58. The zero-order valence-corrected chi connectivity index (χ0v) is 9.76. The van der Waals surface area contributed by atoms with Crippen molar-refractivity contribution in [3.63, 3.8) is 0 Å². The second-order valence-electron chi connectivity index (χ2n) is 4.18. The lowest BCUT2D eigenvalue weighted by Crippen LogP contribution is -2.30. The number of nitrogens with two attached hydrogens (primary N) is 1. The lowest BCUT2D eigenvalue weighted by atomic mass is 10.1. The Labute approximate surface area is 101 Å². The molecule has 2 atom stereocenters.